The largest absolute Gasteiger partial charge is 0.305 e. The molecule has 74 valence electrons. The summed E-state index contributed by atoms with van der Waals surface area (Å²) in [4.78, 5) is 16.5. The minimum Gasteiger partial charge on any atom is -0.305 e. The number of carbonyl (C=O) groups is 1. The molecule has 2 heterocycles. The lowest BCUT2D eigenvalue weighted by Crippen LogP contribution is -2.57. The van der Waals surface area contributed by atoms with E-state index in [2.05, 4.69) is 23.8 Å². The smallest absolute Gasteiger partial charge is 0.144 e. The highest BCUT2D eigenvalue weighted by molar-refractivity contribution is 5.85. The van der Waals surface area contributed by atoms with Crippen molar-refractivity contribution < 1.29 is 4.79 Å². The third kappa shape index (κ3) is 1.63. The summed E-state index contributed by atoms with van der Waals surface area (Å²) in [7, 11) is 2.12. The average molecular weight is 186 g/mol. The molecule has 3 heteroatoms. The average Bonchev–Trinajstić information content (AvgIpc) is 2.07. The van der Waals surface area contributed by atoms with Crippen LogP contribution in [-0.2, 0) is 4.79 Å². The van der Waals surface area contributed by atoms with E-state index < -0.39 is 0 Å². The lowest BCUT2D eigenvalue weighted by Gasteiger charge is -2.43. The maximum absolute atomic E-state index is 11.8. The molecule has 2 bridgehead atoms. The Labute approximate surface area is 79.7 Å². The summed E-state index contributed by atoms with van der Waals surface area (Å²) in [5.74, 6) is 1.10. The van der Waals surface area contributed by atoms with Gasteiger partial charge in [0.25, 0.3) is 0 Å². The van der Waals surface area contributed by atoms with Gasteiger partial charge in [-0.15, -0.1) is 0 Å². The van der Waals surface area contributed by atoms with Crippen LogP contribution in [0.15, 0.2) is 0 Å². The first-order valence-electron chi connectivity index (χ1n) is 5.15. The van der Waals surface area contributed by atoms with Crippen molar-refractivity contribution in [3.63, 3.8) is 0 Å². The van der Waals surface area contributed by atoms with Crippen LogP contribution in [0.2, 0.25) is 0 Å². The summed E-state index contributed by atoms with van der Waals surface area (Å²) < 4.78 is 0. The first-order chi connectivity index (χ1) is 6.20. The maximum Gasteiger partial charge on any atom is 0.144 e. The molecular weight excluding hydrogens is 168 g/mol. The highest BCUT2D eigenvalue weighted by Crippen LogP contribution is 2.24. The third-order valence-electron chi connectivity index (χ3n) is 3.27. The van der Waals surface area contributed by atoms with Crippen molar-refractivity contribution in [2.45, 2.75) is 6.92 Å². The van der Waals surface area contributed by atoms with E-state index in [1.54, 1.807) is 0 Å². The molecule has 2 aliphatic rings. The topological polar surface area (TPSA) is 23.6 Å². The van der Waals surface area contributed by atoms with Crippen LogP contribution in [0, 0.1) is 11.8 Å². The second kappa shape index (κ2) is 3.39. The SMILES string of the molecule is CCN1[14CH2][C@H]2CN(C)C[C@@H]([14CH2]1)C2=O. The molecule has 0 unspecified atom stereocenters. The molecular formula is C10H18N2O. The van der Waals surface area contributed by atoms with Crippen molar-refractivity contribution in [1.82, 2.24) is 9.80 Å². The molecule has 0 aromatic rings. The molecule has 2 fully saturated rings. The number of Topliss-reactive ketones (excluding diaryl/α,β-unsaturated/α-hetero) is 1. The molecule has 0 N–H and O–H groups in total. The number of rotatable bonds is 1. The Morgan fingerprint density at radius 3 is 2.38 bits per heavy atom. The lowest BCUT2D eigenvalue weighted by molar-refractivity contribution is -0.136. The summed E-state index contributed by atoms with van der Waals surface area (Å²) >= 11 is 0. The molecule has 13 heavy (non-hydrogen) atoms. The normalized spacial score (nSPS) is 36.6. The predicted octanol–water partition coefficient (Wildman–Crippen LogP) is 0.0688. The van der Waals surface area contributed by atoms with E-state index in [0.717, 1.165) is 32.7 Å². The van der Waals surface area contributed by atoms with Gasteiger partial charge in [0.1, 0.15) is 5.78 Å². The van der Waals surface area contributed by atoms with Crippen LogP contribution in [0.25, 0.3) is 0 Å². The van der Waals surface area contributed by atoms with E-state index in [1.165, 1.54) is 0 Å². The highest BCUT2D eigenvalue weighted by Gasteiger charge is 2.39. The van der Waals surface area contributed by atoms with E-state index in [0.29, 0.717) is 5.78 Å². The van der Waals surface area contributed by atoms with Crippen LogP contribution in [0.1, 0.15) is 6.92 Å². The summed E-state index contributed by atoms with van der Waals surface area (Å²) in [6.07, 6.45) is 0. The van der Waals surface area contributed by atoms with E-state index in [9.17, 15) is 4.79 Å². The predicted molar refractivity (Wildman–Crippen MR) is 51.6 cm³/mol. The van der Waals surface area contributed by atoms with Gasteiger partial charge in [-0.05, 0) is 13.6 Å². The summed E-state index contributed by atoms with van der Waals surface area (Å²) in [5, 5.41) is 0. The Morgan fingerprint density at radius 2 is 1.92 bits per heavy atom. The van der Waals surface area contributed by atoms with Crippen LogP contribution < -0.4 is 0 Å². The maximum atomic E-state index is 11.8. The Balaban J connectivity index is 2.09. The zero-order chi connectivity index (χ0) is 9.42. The monoisotopic (exact) mass is 186 g/mol. The standard InChI is InChI=1S/C10H18N2O/c1-3-12-6-8-4-11(2)5-9(7-12)10(8)13/h8-9H,3-7H2,1-2H3/t8-,9+/i6+2,7+2. The Hall–Kier alpha value is -0.410. The van der Waals surface area contributed by atoms with Crippen molar-refractivity contribution in [2.24, 2.45) is 11.8 Å². The van der Waals surface area contributed by atoms with E-state index >= 15 is 0 Å². The minimum atomic E-state index is 0.289. The van der Waals surface area contributed by atoms with E-state index in [-0.39, 0.29) is 11.8 Å². The van der Waals surface area contributed by atoms with Gasteiger partial charge in [0.15, 0.2) is 0 Å². The molecule has 0 saturated carbocycles. The number of hydrogen-bond acceptors (Lipinski definition) is 3. The zero-order valence-corrected chi connectivity index (χ0v) is 8.49. The Morgan fingerprint density at radius 1 is 1.38 bits per heavy atom. The van der Waals surface area contributed by atoms with Crippen molar-refractivity contribution in [1.29, 1.82) is 0 Å². The second-order valence-corrected chi connectivity index (χ2v) is 4.37. The van der Waals surface area contributed by atoms with Crippen LogP contribution in [-0.4, -0.2) is 55.4 Å². The number of piperidine rings is 2. The molecule has 0 spiro atoms. The molecule has 2 saturated heterocycles. The van der Waals surface area contributed by atoms with Gasteiger partial charge in [-0.2, -0.15) is 0 Å². The molecule has 0 aromatic heterocycles. The number of hydrogen-bond donors (Lipinski definition) is 0. The molecule has 2 rings (SSSR count). The number of ketones is 1. The van der Waals surface area contributed by atoms with Gasteiger partial charge in [0, 0.05) is 38.0 Å². The summed E-state index contributed by atoms with van der Waals surface area (Å²) in [5.41, 5.74) is 0. The highest BCUT2D eigenvalue weighted by atomic mass is 16.1. The van der Waals surface area contributed by atoms with Gasteiger partial charge in [-0.3, -0.25) is 4.79 Å². The zero-order valence-electron chi connectivity index (χ0n) is 8.49. The van der Waals surface area contributed by atoms with Gasteiger partial charge in [-0.25, -0.2) is 0 Å². The number of fused-ring (bicyclic) bond motifs is 2. The Bertz CT molecular complexity index is 199. The van der Waals surface area contributed by atoms with Crippen molar-refractivity contribution in [2.75, 3.05) is 39.8 Å². The Kier molecular flexibility index (Phi) is 2.39. The van der Waals surface area contributed by atoms with E-state index in [1.807, 2.05) is 0 Å². The molecule has 0 amide bonds. The molecule has 0 radical (unpaired) electrons. The van der Waals surface area contributed by atoms with Gasteiger partial charge >= 0.3 is 0 Å². The fourth-order valence-corrected chi connectivity index (χ4v) is 2.59. The van der Waals surface area contributed by atoms with Gasteiger partial charge < -0.3 is 9.80 Å². The minimum absolute atomic E-state index is 0.289. The van der Waals surface area contributed by atoms with Crippen LogP contribution in [0.3, 0.4) is 0 Å². The third-order valence-corrected chi connectivity index (χ3v) is 3.27. The van der Waals surface area contributed by atoms with Gasteiger partial charge in [0.05, 0.1) is 0 Å². The first kappa shape index (κ1) is 9.16. The number of nitrogens with zero attached hydrogens (tertiary/aromatic N) is 2. The molecule has 0 aliphatic carbocycles. The number of likely N-dealkylation sites (tertiary alicyclic amines) is 2. The van der Waals surface area contributed by atoms with Crippen molar-refractivity contribution in [3.8, 4) is 0 Å². The summed E-state index contributed by atoms with van der Waals surface area (Å²) in [6.45, 7) is 7.16. The summed E-state index contributed by atoms with van der Waals surface area (Å²) in [6, 6.07) is 0. The molecule has 0 aromatic carbocycles. The van der Waals surface area contributed by atoms with Gasteiger partial charge in [0.2, 0.25) is 0 Å². The van der Waals surface area contributed by atoms with Crippen LogP contribution in [0.5, 0.6) is 0 Å². The van der Waals surface area contributed by atoms with Gasteiger partial charge in [-0.1, -0.05) is 6.92 Å². The molecule has 2 atom stereocenters. The molecule has 3 nitrogen and oxygen atoms in total. The second-order valence-electron chi connectivity index (χ2n) is 4.37. The lowest BCUT2D eigenvalue weighted by atomic mass is 9.99. The van der Waals surface area contributed by atoms with Crippen molar-refractivity contribution >= 4 is 5.78 Å². The van der Waals surface area contributed by atoms with Crippen LogP contribution in [0.4, 0.5) is 0 Å². The quantitative estimate of drug-likeness (QED) is 0.579. The van der Waals surface area contributed by atoms with Crippen LogP contribution >= 0.6 is 0 Å². The fourth-order valence-electron chi connectivity index (χ4n) is 2.59. The fraction of sp³-hybridized carbons (Fsp3) is 0.900. The first-order valence-corrected chi connectivity index (χ1v) is 5.15. The number of carbonyl (C=O) groups excluding carboxylic acids is 1. The van der Waals surface area contributed by atoms with E-state index in [4.69, 9.17) is 0 Å². The molecule has 2 aliphatic heterocycles. The van der Waals surface area contributed by atoms with Crippen molar-refractivity contribution in [3.05, 3.63) is 0 Å².